The minimum atomic E-state index is 0.607. The van der Waals surface area contributed by atoms with Crippen LogP contribution in [0.3, 0.4) is 0 Å². The van der Waals surface area contributed by atoms with E-state index in [1.165, 1.54) is 0 Å². The van der Waals surface area contributed by atoms with Crippen molar-refractivity contribution in [3.05, 3.63) is 36.0 Å². The summed E-state index contributed by atoms with van der Waals surface area (Å²) in [5, 5.41) is 0. The molecule has 130 valence electrons. The second kappa shape index (κ2) is 6.58. The van der Waals surface area contributed by atoms with Gasteiger partial charge in [0.2, 0.25) is 17.8 Å². The summed E-state index contributed by atoms with van der Waals surface area (Å²) in [4.78, 5) is 21.7. The molecule has 2 aromatic heterocycles. The van der Waals surface area contributed by atoms with Gasteiger partial charge in [0.05, 0.1) is 17.6 Å². The van der Waals surface area contributed by atoms with Crippen molar-refractivity contribution < 1.29 is 4.74 Å². The van der Waals surface area contributed by atoms with Gasteiger partial charge in [-0.15, -0.1) is 0 Å². The summed E-state index contributed by atoms with van der Waals surface area (Å²) in [6.45, 7) is 8.00. The number of rotatable bonds is 4. The number of aromatic amines is 1. The van der Waals surface area contributed by atoms with Gasteiger partial charge < -0.3 is 19.5 Å². The third kappa shape index (κ3) is 3.22. The fourth-order valence-corrected chi connectivity index (χ4v) is 3.10. The number of aryl methyl sites for hydroxylation is 1. The number of anilines is 2. The van der Waals surface area contributed by atoms with Gasteiger partial charge in [0.15, 0.2) is 0 Å². The van der Waals surface area contributed by atoms with Crippen molar-refractivity contribution in [2.75, 3.05) is 42.6 Å². The van der Waals surface area contributed by atoms with E-state index in [0.717, 1.165) is 54.8 Å². The molecular formula is C18H22N6O. The fourth-order valence-electron chi connectivity index (χ4n) is 3.10. The summed E-state index contributed by atoms with van der Waals surface area (Å²) < 4.78 is 5.54. The Balaban J connectivity index is 1.47. The summed E-state index contributed by atoms with van der Waals surface area (Å²) in [6.07, 6.45) is 0. The van der Waals surface area contributed by atoms with Crippen molar-refractivity contribution in [3.8, 4) is 5.88 Å². The van der Waals surface area contributed by atoms with Crippen LogP contribution in [0.25, 0.3) is 11.0 Å². The van der Waals surface area contributed by atoms with Crippen LogP contribution in [-0.2, 0) is 0 Å². The summed E-state index contributed by atoms with van der Waals surface area (Å²) in [6, 6.07) is 9.99. The molecule has 7 heteroatoms. The standard InChI is InChI=1S/C18H22N6O/c1-3-25-16-12-13(2)19-17(22-16)23-8-10-24(11-9-23)18-20-14-6-4-5-7-15(14)21-18/h4-7,12H,3,8-11H2,1-2H3,(H,20,21). The Labute approximate surface area is 146 Å². The molecule has 0 radical (unpaired) electrons. The van der Waals surface area contributed by atoms with Crippen molar-refractivity contribution in [1.82, 2.24) is 19.9 Å². The average Bonchev–Trinajstić information content (AvgIpc) is 3.06. The molecule has 1 aliphatic heterocycles. The number of aromatic nitrogens is 4. The number of imidazole rings is 1. The molecule has 0 aliphatic carbocycles. The predicted molar refractivity (Wildman–Crippen MR) is 98.5 cm³/mol. The lowest BCUT2D eigenvalue weighted by Crippen LogP contribution is -2.47. The highest BCUT2D eigenvalue weighted by Crippen LogP contribution is 2.21. The molecule has 1 fully saturated rings. The third-order valence-electron chi connectivity index (χ3n) is 4.35. The average molecular weight is 338 g/mol. The van der Waals surface area contributed by atoms with E-state index in [1.807, 2.05) is 38.1 Å². The molecular weight excluding hydrogens is 316 g/mol. The highest BCUT2D eigenvalue weighted by atomic mass is 16.5. The van der Waals surface area contributed by atoms with E-state index in [0.29, 0.717) is 12.5 Å². The lowest BCUT2D eigenvalue weighted by molar-refractivity contribution is 0.325. The lowest BCUT2D eigenvalue weighted by atomic mass is 10.3. The van der Waals surface area contributed by atoms with Gasteiger partial charge in [-0.3, -0.25) is 0 Å². The molecule has 1 aliphatic rings. The van der Waals surface area contributed by atoms with Crippen molar-refractivity contribution in [2.24, 2.45) is 0 Å². The van der Waals surface area contributed by atoms with Crippen LogP contribution in [0.4, 0.5) is 11.9 Å². The molecule has 0 spiro atoms. The summed E-state index contributed by atoms with van der Waals surface area (Å²) in [5.41, 5.74) is 3.00. The monoisotopic (exact) mass is 338 g/mol. The topological polar surface area (TPSA) is 70.2 Å². The van der Waals surface area contributed by atoms with Gasteiger partial charge in [-0.1, -0.05) is 12.1 Å². The zero-order valence-electron chi connectivity index (χ0n) is 14.6. The smallest absolute Gasteiger partial charge is 0.228 e. The van der Waals surface area contributed by atoms with Crippen LogP contribution < -0.4 is 14.5 Å². The van der Waals surface area contributed by atoms with Gasteiger partial charge in [-0.25, -0.2) is 9.97 Å². The largest absolute Gasteiger partial charge is 0.478 e. The number of para-hydroxylation sites is 2. The first-order valence-electron chi connectivity index (χ1n) is 8.66. The molecule has 1 aromatic carbocycles. The van der Waals surface area contributed by atoms with Gasteiger partial charge in [0.25, 0.3) is 0 Å². The van der Waals surface area contributed by atoms with Crippen LogP contribution in [0.15, 0.2) is 30.3 Å². The number of H-pyrrole nitrogens is 1. The summed E-state index contributed by atoms with van der Waals surface area (Å²) >= 11 is 0. The quantitative estimate of drug-likeness (QED) is 0.788. The molecule has 4 rings (SSSR count). The maximum Gasteiger partial charge on any atom is 0.228 e. The van der Waals surface area contributed by atoms with Crippen molar-refractivity contribution in [2.45, 2.75) is 13.8 Å². The van der Waals surface area contributed by atoms with Crippen molar-refractivity contribution in [1.29, 1.82) is 0 Å². The number of fused-ring (bicyclic) bond motifs is 1. The molecule has 0 bridgehead atoms. The molecule has 0 amide bonds. The van der Waals surface area contributed by atoms with Gasteiger partial charge >= 0.3 is 0 Å². The van der Waals surface area contributed by atoms with E-state index in [-0.39, 0.29) is 0 Å². The second-order valence-corrected chi connectivity index (χ2v) is 6.13. The van der Waals surface area contributed by atoms with Crippen LogP contribution in [-0.4, -0.2) is 52.7 Å². The van der Waals surface area contributed by atoms with Crippen LogP contribution >= 0.6 is 0 Å². The number of nitrogens with one attached hydrogen (secondary N) is 1. The van der Waals surface area contributed by atoms with E-state index in [9.17, 15) is 0 Å². The SMILES string of the molecule is CCOc1cc(C)nc(N2CCN(c3nc4ccccc4[nH]3)CC2)n1. The maximum atomic E-state index is 5.54. The fraction of sp³-hybridized carbons (Fsp3) is 0.389. The zero-order valence-corrected chi connectivity index (χ0v) is 14.6. The molecule has 25 heavy (non-hydrogen) atoms. The Bertz CT molecular complexity index is 836. The van der Waals surface area contributed by atoms with Crippen molar-refractivity contribution >= 4 is 22.9 Å². The van der Waals surface area contributed by atoms with Crippen LogP contribution in [0.2, 0.25) is 0 Å². The molecule has 1 N–H and O–H groups in total. The molecule has 3 heterocycles. The van der Waals surface area contributed by atoms with E-state index >= 15 is 0 Å². The Morgan fingerprint density at radius 3 is 2.56 bits per heavy atom. The second-order valence-electron chi connectivity index (χ2n) is 6.13. The minimum absolute atomic E-state index is 0.607. The molecule has 0 atom stereocenters. The molecule has 0 unspecified atom stereocenters. The zero-order chi connectivity index (χ0) is 17.2. The molecule has 0 saturated carbocycles. The van der Waals surface area contributed by atoms with Gasteiger partial charge in [0.1, 0.15) is 0 Å². The number of hydrogen-bond acceptors (Lipinski definition) is 6. The van der Waals surface area contributed by atoms with Crippen molar-refractivity contribution in [3.63, 3.8) is 0 Å². The minimum Gasteiger partial charge on any atom is -0.478 e. The Morgan fingerprint density at radius 2 is 1.80 bits per heavy atom. The van der Waals surface area contributed by atoms with Gasteiger partial charge in [0, 0.05) is 37.9 Å². The highest BCUT2D eigenvalue weighted by molar-refractivity contribution is 5.77. The summed E-state index contributed by atoms with van der Waals surface area (Å²) in [5.74, 6) is 2.32. The third-order valence-corrected chi connectivity index (χ3v) is 4.35. The van der Waals surface area contributed by atoms with Crippen LogP contribution in [0.5, 0.6) is 5.88 Å². The van der Waals surface area contributed by atoms with E-state index < -0.39 is 0 Å². The first kappa shape index (κ1) is 15.7. The molecule has 1 saturated heterocycles. The molecule has 7 nitrogen and oxygen atoms in total. The number of piperazine rings is 1. The van der Waals surface area contributed by atoms with E-state index in [2.05, 4.69) is 35.8 Å². The van der Waals surface area contributed by atoms with E-state index in [4.69, 9.17) is 4.74 Å². The van der Waals surface area contributed by atoms with Crippen LogP contribution in [0.1, 0.15) is 12.6 Å². The Kier molecular flexibility index (Phi) is 4.13. The Morgan fingerprint density at radius 1 is 1.04 bits per heavy atom. The van der Waals surface area contributed by atoms with E-state index in [1.54, 1.807) is 0 Å². The number of nitrogens with zero attached hydrogens (tertiary/aromatic N) is 5. The normalized spacial score (nSPS) is 15.0. The lowest BCUT2D eigenvalue weighted by Gasteiger charge is -2.34. The highest BCUT2D eigenvalue weighted by Gasteiger charge is 2.22. The predicted octanol–water partition coefficient (Wildman–Crippen LogP) is 2.39. The number of benzene rings is 1. The number of hydrogen-bond donors (Lipinski definition) is 1. The van der Waals surface area contributed by atoms with Gasteiger partial charge in [-0.05, 0) is 26.0 Å². The Hall–Kier alpha value is -2.83. The van der Waals surface area contributed by atoms with Crippen LogP contribution in [0, 0.1) is 6.92 Å². The number of ether oxygens (including phenoxy) is 1. The summed E-state index contributed by atoms with van der Waals surface area (Å²) in [7, 11) is 0. The maximum absolute atomic E-state index is 5.54. The first-order chi connectivity index (χ1) is 12.2. The van der Waals surface area contributed by atoms with Gasteiger partial charge in [-0.2, -0.15) is 4.98 Å². The molecule has 3 aromatic rings. The first-order valence-corrected chi connectivity index (χ1v) is 8.66.